The monoisotopic (exact) mass is 344 g/mol. The van der Waals surface area contributed by atoms with E-state index in [2.05, 4.69) is 19.2 Å². The maximum atomic E-state index is 12.6. The van der Waals surface area contributed by atoms with E-state index in [1.54, 1.807) is 0 Å². The zero-order valence-corrected chi connectivity index (χ0v) is 14.9. The standard InChI is InChI=1S/C18H24N4O3/c1-11(2)15(12-8-6-5-7-9-12)20-10-13(23)14-16(19)21(3)18(25)22(4)17(14)24/h5-9,11,15,20H,10,19H2,1-4H3/t15-/m0/s1. The van der Waals surface area contributed by atoms with Gasteiger partial charge in [-0.1, -0.05) is 44.2 Å². The SMILES string of the molecule is CC(C)[C@H](NCC(=O)c1c(N)n(C)c(=O)n(C)c1=O)c1ccccc1. The van der Waals surface area contributed by atoms with Crippen LogP contribution in [0.25, 0.3) is 0 Å². The Bertz CT molecular complexity index is 882. The first-order valence-electron chi connectivity index (χ1n) is 8.12. The van der Waals surface area contributed by atoms with Gasteiger partial charge in [-0.15, -0.1) is 0 Å². The average molecular weight is 344 g/mol. The number of anilines is 1. The van der Waals surface area contributed by atoms with Crippen LogP contribution in [-0.4, -0.2) is 21.5 Å². The number of nitrogens with one attached hydrogen (secondary N) is 1. The normalized spacial score (nSPS) is 12.4. The highest BCUT2D eigenvalue weighted by molar-refractivity contribution is 6.01. The molecule has 0 aliphatic carbocycles. The van der Waals surface area contributed by atoms with Gasteiger partial charge in [0.1, 0.15) is 11.4 Å². The lowest BCUT2D eigenvalue weighted by Crippen LogP contribution is -2.43. The zero-order chi connectivity index (χ0) is 18.7. The Morgan fingerprint density at radius 3 is 2.28 bits per heavy atom. The number of rotatable bonds is 6. The summed E-state index contributed by atoms with van der Waals surface area (Å²) in [5, 5.41) is 3.20. The third-order valence-corrected chi connectivity index (χ3v) is 4.30. The third kappa shape index (κ3) is 3.71. The lowest BCUT2D eigenvalue weighted by atomic mass is 9.96. The number of carbonyl (C=O) groups excluding carboxylic acids is 1. The summed E-state index contributed by atoms with van der Waals surface area (Å²) < 4.78 is 1.99. The molecule has 0 saturated carbocycles. The quantitative estimate of drug-likeness (QED) is 0.757. The van der Waals surface area contributed by atoms with Gasteiger partial charge in [-0.3, -0.25) is 18.7 Å². The van der Waals surface area contributed by atoms with Gasteiger partial charge in [-0.05, 0) is 11.5 Å². The predicted octanol–water partition coefficient (Wildman–Crippen LogP) is 0.836. The molecule has 7 heteroatoms. The molecule has 1 atom stereocenters. The minimum Gasteiger partial charge on any atom is -0.384 e. The highest BCUT2D eigenvalue weighted by Gasteiger charge is 2.22. The highest BCUT2D eigenvalue weighted by Crippen LogP contribution is 2.21. The molecule has 0 radical (unpaired) electrons. The Morgan fingerprint density at radius 2 is 1.72 bits per heavy atom. The van der Waals surface area contributed by atoms with E-state index >= 15 is 0 Å². The van der Waals surface area contributed by atoms with Crippen LogP contribution in [0.5, 0.6) is 0 Å². The molecule has 1 aromatic carbocycles. The summed E-state index contributed by atoms with van der Waals surface area (Å²) in [5.74, 6) is -0.300. The third-order valence-electron chi connectivity index (χ3n) is 4.30. The minimum atomic E-state index is -0.673. The Morgan fingerprint density at radius 1 is 1.12 bits per heavy atom. The molecule has 25 heavy (non-hydrogen) atoms. The number of hydrogen-bond donors (Lipinski definition) is 2. The van der Waals surface area contributed by atoms with Crippen molar-refractivity contribution in [2.75, 3.05) is 12.3 Å². The molecule has 3 N–H and O–H groups in total. The minimum absolute atomic E-state index is 0.0391. The van der Waals surface area contributed by atoms with Gasteiger partial charge in [-0.2, -0.15) is 0 Å². The van der Waals surface area contributed by atoms with Crippen molar-refractivity contribution in [1.29, 1.82) is 0 Å². The maximum absolute atomic E-state index is 12.6. The number of benzene rings is 1. The van der Waals surface area contributed by atoms with Crippen molar-refractivity contribution in [3.63, 3.8) is 0 Å². The topological polar surface area (TPSA) is 99.1 Å². The number of hydrogen-bond acceptors (Lipinski definition) is 5. The summed E-state index contributed by atoms with van der Waals surface area (Å²) in [6, 6.07) is 9.75. The smallest absolute Gasteiger partial charge is 0.332 e. The van der Waals surface area contributed by atoms with E-state index in [1.807, 2.05) is 30.3 Å². The summed E-state index contributed by atoms with van der Waals surface area (Å²) in [6.07, 6.45) is 0. The lowest BCUT2D eigenvalue weighted by molar-refractivity contribution is 0.0982. The summed E-state index contributed by atoms with van der Waals surface area (Å²) in [6.45, 7) is 4.05. The fourth-order valence-electron chi connectivity index (χ4n) is 2.81. The molecular formula is C18H24N4O3. The van der Waals surface area contributed by atoms with E-state index in [0.29, 0.717) is 0 Å². The molecule has 0 aliphatic heterocycles. The van der Waals surface area contributed by atoms with E-state index in [1.165, 1.54) is 14.1 Å². The fraction of sp³-hybridized carbons (Fsp3) is 0.389. The molecule has 0 aliphatic rings. The van der Waals surface area contributed by atoms with Gasteiger partial charge in [0, 0.05) is 20.1 Å². The summed E-state index contributed by atoms with van der Waals surface area (Å²) in [5.41, 5.74) is 5.50. The molecule has 0 saturated heterocycles. The largest absolute Gasteiger partial charge is 0.384 e. The number of nitrogens with zero attached hydrogens (tertiary/aromatic N) is 2. The van der Waals surface area contributed by atoms with Gasteiger partial charge in [0.25, 0.3) is 5.56 Å². The van der Waals surface area contributed by atoms with Gasteiger partial charge in [0.05, 0.1) is 6.54 Å². The highest BCUT2D eigenvalue weighted by atomic mass is 16.2. The Hall–Kier alpha value is -2.67. The van der Waals surface area contributed by atoms with Gasteiger partial charge < -0.3 is 11.1 Å². The summed E-state index contributed by atoms with van der Waals surface area (Å²) >= 11 is 0. The molecule has 0 amide bonds. The van der Waals surface area contributed by atoms with Crippen LogP contribution in [0.3, 0.4) is 0 Å². The van der Waals surface area contributed by atoms with Crippen LogP contribution in [0, 0.1) is 5.92 Å². The second-order valence-corrected chi connectivity index (χ2v) is 6.40. The van der Waals surface area contributed by atoms with E-state index < -0.39 is 17.0 Å². The number of Topliss-reactive ketones (excluding diaryl/α,β-unsaturated/α-hetero) is 1. The van der Waals surface area contributed by atoms with Crippen LogP contribution in [-0.2, 0) is 14.1 Å². The molecule has 7 nitrogen and oxygen atoms in total. The van der Waals surface area contributed by atoms with Gasteiger partial charge in [0.2, 0.25) is 0 Å². The van der Waals surface area contributed by atoms with Gasteiger partial charge in [0.15, 0.2) is 5.78 Å². The average Bonchev–Trinajstić information content (AvgIpc) is 2.59. The second-order valence-electron chi connectivity index (χ2n) is 6.40. The number of aromatic nitrogens is 2. The second kappa shape index (κ2) is 7.48. The van der Waals surface area contributed by atoms with Crippen molar-refractivity contribution in [1.82, 2.24) is 14.5 Å². The van der Waals surface area contributed by atoms with Crippen molar-refractivity contribution in [3.8, 4) is 0 Å². The Balaban J connectivity index is 2.29. The predicted molar refractivity (Wildman–Crippen MR) is 97.7 cm³/mol. The number of nitrogen functional groups attached to an aromatic ring is 1. The fourth-order valence-corrected chi connectivity index (χ4v) is 2.81. The first-order chi connectivity index (χ1) is 11.8. The van der Waals surface area contributed by atoms with Crippen LogP contribution in [0.1, 0.15) is 35.8 Å². The van der Waals surface area contributed by atoms with Gasteiger partial charge in [-0.25, -0.2) is 4.79 Å². The molecule has 1 heterocycles. The summed E-state index contributed by atoms with van der Waals surface area (Å²) in [4.78, 5) is 36.7. The first-order valence-corrected chi connectivity index (χ1v) is 8.12. The molecule has 2 aromatic rings. The van der Waals surface area contributed by atoms with E-state index in [-0.39, 0.29) is 29.9 Å². The molecule has 0 unspecified atom stereocenters. The van der Waals surface area contributed by atoms with E-state index in [4.69, 9.17) is 5.73 Å². The van der Waals surface area contributed by atoms with Crippen LogP contribution in [0.15, 0.2) is 39.9 Å². The van der Waals surface area contributed by atoms with Crippen molar-refractivity contribution in [2.24, 2.45) is 20.0 Å². The molecule has 2 rings (SSSR count). The van der Waals surface area contributed by atoms with Crippen LogP contribution in [0.2, 0.25) is 0 Å². The van der Waals surface area contributed by atoms with Crippen molar-refractivity contribution in [2.45, 2.75) is 19.9 Å². The van der Waals surface area contributed by atoms with Gasteiger partial charge >= 0.3 is 5.69 Å². The van der Waals surface area contributed by atoms with Crippen LogP contribution >= 0.6 is 0 Å². The molecular weight excluding hydrogens is 320 g/mol. The molecule has 1 aromatic heterocycles. The van der Waals surface area contributed by atoms with Crippen molar-refractivity contribution in [3.05, 3.63) is 62.3 Å². The molecule has 0 fully saturated rings. The van der Waals surface area contributed by atoms with E-state index in [9.17, 15) is 14.4 Å². The molecule has 134 valence electrons. The summed E-state index contributed by atoms with van der Waals surface area (Å²) in [7, 11) is 2.76. The van der Waals surface area contributed by atoms with E-state index in [0.717, 1.165) is 14.7 Å². The zero-order valence-electron chi connectivity index (χ0n) is 14.9. The van der Waals surface area contributed by atoms with Crippen LogP contribution < -0.4 is 22.3 Å². The van der Waals surface area contributed by atoms with Crippen molar-refractivity contribution < 1.29 is 4.79 Å². The van der Waals surface area contributed by atoms with Crippen molar-refractivity contribution >= 4 is 11.6 Å². The Kier molecular flexibility index (Phi) is 5.58. The first kappa shape index (κ1) is 18.7. The number of nitrogens with two attached hydrogens (primary N) is 1. The number of ketones is 1. The maximum Gasteiger partial charge on any atom is 0.332 e. The lowest BCUT2D eigenvalue weighted by Gasteiger charge is -2.23. The molecule has 0 spiro atoms. The molecule has 0 bridgehead atoms. The Labute approximate surface area is 146 Å². The number of carbonyl (C=O) groups is 1. The van der Waals surface area contributed by atoms with Crippen LogP contribution in [0.4, 0.5) is 5.82 Å².